The van der Waals surface area contributed by atoms with Gasteiger partial charge in [0.1, 0.15) is 5.82 Å². The van der Waals surface area contributed by atoms with Crippen molar-refractivity contribution in [1.82, 2.24) is 4.98 Å². The standard InChI is InChI=1S/C12H16N2O3/c1-17-10-4-2-3-9(10)14-11-6-5-8(7-13-11)12(15)16/h5-7,9-10H,2-4H2,1H3,(H,13,14)(H,15,16). The number of carboxylic acid groups (broad SMARTS) is 1. The second kappa shape index (κ2) is 5.14. The first-order valence-corrected chi connectivity index (χ1v) is 5.69. The van der Waals surface area contributed by atoms with Crippen molar-refractivity contribution in [3.63, 3.8) is 0 Å². The number of carbonyl (C=O) groups is 1. The van der Waals surface area contributed by atoms with Crippen LogP contribution >= 0.6 is 0 Å². The van der Waals surface area contributed by atoms with Crippen molar-refractivity contribution in [3.05, 3.63) is 23.9 Å². The van der Waals surface area contributed by atoms with E-state index in [-0.39, 0.29) is 17.7 Å². The Balaban J connectivity index is 2.01. The minimum absolute atomic E-state index is 0.199. The molecule has 1 aliphatic rings. The molecule has 0 aliphatic heterocycles. The summed E-state index contributed by atoms with van der Waals surface area (Å²) < 4.78 is 5.37. The number of carboxylic acids is 1. The van der Waals surface area contributed by atoms with E-state index >= 15 is 0 Å². The monoisotopic (exact) mass is 236 g/mol. The van der Waals surface area contributed by atoms with Crippen LogP contribution in [0.15, 0.2) is 18.3 Å². The Hall–Kier alpha value is -1.62. The quantitative estimate of drug-likeness (QED) is 0.833. The minimum atomic E-state index is -0.959. The third kappa shape index (κ3) is 2.74. The van der Waals surface area contributed by atoms with Crippen molar-refractivity contribution in [2.75, 3.05) is 12.4 Å². The van der Waals surface area contributed by atoms with Crippen LogP contribution in [0.4, 0.5) is 5.82 Å². The first kappa shape index (κ1) is 11.9. The number of aromatic nitrogens is 1. The summed E-state index contributed by atoms with van der Waals surface area (Å²) in [6.45, 7) is 0. The topological polar surface area (TPSA) is 71.5 Å². The van der Waals surface area contributed by atoms with E-state index in [0.29, 0.717) is 5.82 Å². The van der Waals surface area contributed by atoms with Gasteiger partial charge in [-0.25, -0.2) is 9.78 Å². The fourth-order valence-electron chi connectivity index (χ4n) is 2.17. The summed E-state index contributed by atoms with van der Waals surface area (Å²) in [5, 5.41) is 12.0. The molecule has 0 aromatic carbocycles. The van der Waals surface area contributed by atoms with Crippen LogP contribution in [0.3, 0.4) is 0 Å². The Morgan fingerprint density at radius 3 is 2.94 bits per heavy atom. The van der Waals surface area contributed by atoms with Crippen LogP contribution in [0.5, 0.6) is 0 Å². The molecule has 1 aromatic heterocycles. The van der Waals surface area contributed by atoms with E-state index in [1.54, 1.807) is 19.2 Å². The largest absolute Gasteiger partial charge is 0.478 e. The Morgan fingerprint density at radius 1 is 1.53 bits per heavy atom. The van der Waals surface area contributed by atoms with Crippen molar-refractivity contribution < 1.29 is 14.6 Å². The summed E-state index contributed by atoms with van der Waals surface area (Å²) in [5.74, 6) is -0.261. The van der Waals surface area contributed by atoms with Crippen molar-refractivity contribution in [2.45, 2.75) is 31.4 Å². The van der Waals surface area contributed by atoms with Gasteiger partial charge in [-0.3, -0.25) is 0 Å². The SMILES string of the molecule is COC1CCCC1Nc1ccc(C(=O)O)cn1. The maximum absolute atomic E-state index is 10.7. The molecule has 0 spiro atoms. The van der Waals surface area contributed by atoms with Gasteiger partial charge < -0.3 is 15.2 Å². The summed E-state index contributed by atoms with van der Waals surface area (Å²) in [6, 6.07) is 3.51. The molecular weight excluding hydrogens is 220 g/mol. The molecule has 5 heteroatoms. The van der Waals surface area contributed by atoms with Crippen molar-refractivity contribution in [2.24, 2.45) is 0 Å². The van der Waals surface area contributed by atoms with Crippen LogP contribution in [0.1, 0.15) is 29.6 Å². The van der Waals surface area contributed by atoms with Gasteiger partial charge in [0.25, 0.3) is 0 Å². The van der Waals surface area contributed by atoms with Crippen molar-refractivity contribution in [1.29, 1.82) is 0 Å². The molecule has 2 unspecified atom stereocenters. The molecule has 17 heavy (non-hydrogen) atoms. The molecule has 0 bridgehead atoms. The average Bonchev–Trinajstić information content (AvgIpc) is 2.77. The van der Waals surface area contributed by atoms with E-state index in [4.69, 9.17) is 9.84 Å². The lowest BCUT2D eigenvalue weighted by Crippen LogP contribution is -2.30. The van der Waals surface area contributed by atoms with Crippen molar-refractivity contribution in [3.8, 4) is 0 Å². The number of hydrogen-bond acceptors (Lipinski definition) is 4. The number of ether oxygens (including phenoxy) is 1. The number of pyridine rings is 1. The van der Waals surface area contributed by atoms with E-state index < -0.39 is 5.97 Å². The molecule has 2 atom stereocenters. The highest BCUT2D eigenvalue weighted by Crippen LogP contribution is 2.24. The molecule has 92 valence electrons. The molecule has 1 aliphatic carbocycles. The Labute approximate surface area is 99.8 Å². The van der Waals surface area contributed by atoms with Gasteiger partial charge in [0.15, 0.2) is 0 Å². The van der Waals surface area contributed by atoms with Crippen LogP contribution < -0.4 is 5.32 Å². The molecule has 2 N–H and O–H groups in total. The second-order valence-corrected chi connectivity index (χ2v) is 4.19. The van der Waals surface area contributed by atoms with E-state index in [1.807, 2.05) is 0 Å². The van der Waals surface area contributed by atoms with Gasteiger partial charge in [0, 0.05) is 13.3 Å². The number of methoxy groups -OCH3 is 1. The highest BCUT2D eigenvalue weighted by atomic mass is 16.5. The first-order chi connectivity index (χ1) is 8.20. The van der Waals surface area contributed by atoms with Crippen LogP contribution in [0.2, 0.25) is 0 Å². The number of nitrogens with zero attached hydrogens (tertiary/aromatic N) is 1. The maximum Gasteiger partial charge on any atom is 0.337 e. The van der Waals surface area contributed by atoms with Gasteiger partial charge in [-0.05, 0) is 31.4 Å². The molecule has 1 aromatic rings. The molecule has 0 saturated heterocycles. The first-order valence-electron chi connectivity index (χ1n) is 5.69. The number of rotatable bonds is 4. The van der Waals surface area contributed by atoms with E-state index in [0.717, 1.165) is 19.3 Å². The number of nitrogens with one attached hydrogen (secondary N) is 1. The Bertz CT molecular complexity index is 391. The van der Waals surface area contributed by atoms with Gasteiger partial charge in [0.05, 0.1) is 17.7 Å². The van der Waals surface area contributed by atoms with E-state index in [2.05, 4.69) is 10.3 Å². The van der Waals surface area contributed by atoms with Gasteiger partial charge in [-0.1, -0.05) is 0 Å². The fourth-order valence-corrected chi connectivity index (χ4v) is 2.17. The molecular formula is C12H16N2O3. The van der Waals surface area contributed by atoms with E-state index in [9.17, 15) is 4.79 Å². The highest BCUT2D eigenvalue weighted by molar-refractivity contribution is 5.87. The minimum Gasteiger partial charge on any atom is -0.478 e. The Morgan fingerprint density at radius 2 is 2.35 bits per heavy atom. The van der Waals surface area contributed by atoms with Gasteiger partial charge >= 0.3 is 5.97 Å². The third-order valence-corrected chi connectivity index (χ3v) is 3.10. The van der Waals surface area contributed by atoms with Gasteiger partial charge in [-0.15, -0.1) is 0 Å². The number of hydrogen-bond donors (Lipinski definition) is 2. The van der Waals surface area contributed by atoms with Crippen LogP contribution in [-0.2, 0) is 4.74 Å². The summed E-state index contributed by atoms with van der Waals surface area (Å²) >= 11 is 0. The molecule has 1 fully saturated rings. The van der Waals surface area contributed by atoms with Gasteiger partial charge in [0.2, 0.25) is 0 Å². The lowest BCUT2D eigenvalue weighted by molar-refractivity contribution is 0.0696. The molecule has 0 amide bonds. The fraction of sp³-hybridized carbons (Fsp3) is 0.500. The zero-order valence-corrected chi connectivity index (χ0v) is 9.72. The zero-order chi connectivity index (χ0) is 12.3. The van der Waals surface area contributed by atoms with Gasteiger partial charge in [-0.2, -0.15) is 0 Å². The van der Waals surface area contributed by atoms with E-state index in [1.165, 1.54) is 6.20 Å². The summed E-state index contributed by atoms with van der Waals surface area (Å²) in [6.07, 6.45) is 4.84. The molecule has 0 radical (unpaired) electrons. The normalized spacial score (nSPS) is 23.6. The predicted octanol–water partition coefficient (Wildman–Crippen LogP) is 1.76. The smallest absolute Gasteiger partial charge is 0.337 e. The molecule has 1 heterocycles. The maximum atomic E-state index is 10.7. The molecule has 5 nitrogen and oxygen atoms in total. The van der Waals surface area contributed by atoms with Crippen LogP contribution in [-0.4, -0.2) is 35.3 Å². The van der Waals surface area contributed by atoms with Crippen LogP contribution in [0, 0.1) is 0 Å². The summed E-state index contributed by atoms with van der Waals surface area (Å²) in [7, 11) is 1.71. The van der Waals surface area contributed by atoms with Crippen LogP contribution in [0.25, 0.3) is 0 Å². The summed E-state index contributed by atoms with van der Waals surface area (Å²) in [5.41, 5.74) is 0.199. The average molecular weight is 236 g/mol. The number of aromatic carboxylic acids is 1. The second-order valence-electron chi connectivity index (χ2n) is 4.19. The van der Waals surface area contributed by atoms with Crippen molar-refractivity contribution >= 4 is 11.8 Å². The summed E-state index contributed by atoms with van der Waals surface area (Å²) in [4.78, 5) is 14.8. The lowest BCUT2D eigenvalue weighted by Gasteiger charge is -2.20. The zero-order valence-electron chi connectivity index (χ0n) is 9.72. The Kier molecular flexibility index (Phi) is 3.58. The number of anilines is 1. The highest BCUT2D eigenvalue weighted by Gasteiger charge is 2.27. The molecule has 2 rings (SSSR count). The lowest BCUT2D eigenvalue weighted by atomic mass is 10.2. The third-order valence-electron chi connectivity index (χ3n) is 3.10. The predicted molar refractivity (Wildman–Crippen MR) is 63.3 cm³/mol. The molecule has 1 saturated carbocycles.